The van der Waals surface area contributed by atoms with E-state index in [9.17, 15) is 14.7 Å². The summed E-state index contributed by atoms with van der Waals surface area (Å²) in [7, 11) is 1.47. The molecule has 1 aliphatic rings. The molecule has 0 aliphatic carbocycles. The average molecular weight is 279 g/mol. The molecule has 0 saturated carbocycles. The topological polar surface area (TPSA) is 119 Å². The maximum atomic E-state index is 12.4. The van der Waals surface area contributed by atoms with Crippen LogP contribution >= 0.6 is 0 Å². The van der Waals surface area contributed by atoms with Crippen molar-refractivity contribution in [1.29, 1.82) is 0 Å². The van der Waals surface area contributed by atoms with Gasteiger partial charge >= 0.3 is 0 Å². The summed E-state index contributed by atoms with van der Waals surface area (Å²) < 4.78 is 5.05. The van der Waals surface area contributed by atoms with Crippen LogP contribution < -0.4 is 16.2 Å². The number of likely N-dealkylation sites (tertiary alicyclic amines) is 1. The SMILES string of the molecule is COc1cc(N)cc(C(=O)N2CC(O)CC2C(N)=O)c1. The fourth-order valence-electron chi connectivity index (χ4n) is 2.34. The molecular weight excluding hydrogens is 262 g/mol. The second-order valence-corrected chi connectivity index (χ2v) is 4.76. The minimum absolute atomic E-state index is 0.0730. The average Bonchev–Trinajstić information content (AvgIpc) is 2.79. The quantitative estimate of drug-likeness (QED) is 0.634. The van der Waals surface area contributed by atoms with Crippen LogP contribution in [0.25, 0.3) is 0 Å². The third kappa shape index (κ3) is 2.67. The first-order valence-corrected chi connectivity index (χ1v) is 6.15. The standard InChI is InChI=1S/C13H17N3O4/c1-20-10-3-7(2-8(14)4-10)13(19)16-6-9(17)5-11(16)12(15)18/h2-4,9,11,17H,5-6,14H2,1H3,(H2,15,18). The van der Waals surface area contributed by atoms with Crippen molar-refractivity contribution in [2.24, 2.45) is 5.73 Å². The van der Waals surface area contributed by atoms with Crippen molar-refractivity contribution in [2.75, 3.05) is 19.4 Å². The number of amides is 2. The molecule has 2 atom stereocenters. The molecule has 1 heterocycles. The van der Waals surface area contributed by atoms with Crippen LogP contribution in [-0.2, 0) is 4.79 Å². The van der Waals surface area contributed by atoms with Crippen molar-refractivity contribution in [2.45, 2.75) is 18.6 Å². The van der Waals surface area contributed by atoms with Gasteiger partial charge in [-0.1, -0.05) is 0 Å². The largest absolute Gasteiger partial charge is 0.497 e. The van der Waals surface area contributed by atoms with Gasteiger partial charge in [-0.25, -0.2) is 0 Å². The number of primary amides is 1. The molecule has 0 aromatic heterocycles. The summed E-state index contributed by atoms with van der Waals surface area (Å²) in [6, 6.07) is 3.81. The van der Waals surface area contributed by atoms with Crippen LogP contribution in [-0.4, -0.2) is 47.6 Å². The minimum Gasteiger partial charge on any atom is -0.497 e. The van der Waals surface area contributed by atoms with E-state index in [1.165, 1.54) is 24.1 Å². The van der Waals surface area contributed by atoms with Gasteiger partial charge in [0.05, 0.1) is 13.2 Å². The van der Waals surface area contributed by atoms with Crippen molar-refractivity contribution in [1.82, 2.24) is 4.90 Å². The van der Waals surface area contributed by atoms with Gasteiger partial charge in [0.1, 0.15) is 11.8 Å². The Morgan fingerprint density at radius 2 is 2.10 bits per heavy atom. The zero-order valence-electron chi connectivity index (χ0n) is 11.1. The summed E-state index contributed by atoms with van der Waals surface area (Å²) in [6.07, 6.45) is -0.597. The number of aliphatic hydroxyl groups is 1. The molecule has 1 aliphatic heterocycles. The van der Waals surface area contributed by atoms with Crippen molar-refractivity contribution in [3.63, 3.8) is 0 Å². The lowest BCUT2D eigenvalue weighted by Crippen LogP contribution is -2.43. The Labute approximate surface area is 116 Å². The highest BCUT2D eigenvalue weighted by Gasteiger charge is 2.38. The second-order valence-electron chi connectivity index (χ2n) is 4.76. The fourth-order valence-corrected chi connectivity index (χ4v) is 2.34. The van der Waals surface area contributed by atoms with Crippen LogP contribution in [0.4, 0.5) is 5.69 Å². The summed E-state index contributed by atoms with van der Waals surface area (Å²) in [5.74, 6) is -0.592. The Kier molecular flexibility index (Phi) is 3.80. The van der Waals surface area contributed by atoms with Crippen molar-refractivity contribution in [3.05, 3.63) is 23.8 Å². The number of hydrogen-bond acceptors (Lipinski definition) is 5. The Hall–Kier alpha value is -2.28. The highest BCUT2D eigenvalue weighted by molar-refractivity contribution is 5.98. The number of carbonyl (C=O) groups excluding carboxylic acids is 2. The van der Waals surface area contributed by atoms with Crippen molar-refractivity contribution < 1.29 is 19.4 Å². The highest BCUT2D eigenvalue weighted by atomic mass is 16.5. The molecule has 1 aromatic carbocycles. The first-order chi connectivity index (χ1) is 9.42. The van der Waals surface area contributed by atoms with Gasteiger partial charge in [0.2, 0.25) is 5.91 Å². The molecule has 2 amide bonds. The predicted octanol–water partition coefficient (Wildman–Crippen LogP) is -0.662. The Balaban J connectivity index is 2.30. The number of hydrogen-bond donors (Lipinski definition) is 3. The molecule has 5 N–H and O–H groups in total. The lowest BCUT2D eigenvalue weighted by Gasteiger charge is -2.22. The van der Waals surface area contributed by atoms with E-state index in [0.717, 1.165) is 0 Å². The van der Waals surface area contributed by atoms with Gasteiger partial charge in [-0.05, 0) is 12.1 Å². The molecular formula is C13H17N3O4. The highest BCUT2D eigenvalue weighted by Crippen LogP contribution is 2.24. The number of ether oxygens (including phenoxy) is 1. The lowest BCUT2D eigenvalue weighted by molar-refractivity contribution is -0.121. The van der Waals surface area contributed by atoms with E-state index >= 15 is 0 Å². The van der Waals surface area contributed by atoms with Gasteiger partial charge in [0.25, 0.3) is 5.91 Å². The molecule has 7 heteroatoms. The van der Waals surface area contributed by atoms with E-state index in [4.69, 9.17) is 16.2 Å². The molecule has 108 valence electrons. The molecule has 1 saturated heterocycles. The van der Waals surface area contributed by atoms with Gasteiger partial charge in [0, 0.05) is 30.3 Å². The zero-order chi connectivity index (χ0) is 14.9. The lowest BCUT2D eigenvalue weighted by atomic mass is 10.1. The molecule has 0 bridgehead atoms. The maximum Gasteiger partial charge on any atom is 0.254 e. The number of aliphatic hydroxyl groups excluding tert-OH is 1. The summed E-state index contributed by atoms with van der Waals surface area (Å²) in [5, 5.41) is 9.62. The summed E-state index contributed by atoms with van der Waals surface area (Å²) in [5.41, 5.74) is 11.6. The van der Waals surface area contributed by atoms with Gasteiger partial charge in [-0.2, -0.15) is 0 Å². The van der Waals surface area contributed by atoms with Gasteiger partial charge in [0.15, 0.2) is 0 Å². The number of nitrogen functional groups attached to an aromatic ring is 1. The van der Waals surface area contributed by atoms with Crippen LogP contribution in [0.1, 0.15) is 16.8 Å². The molecule has 20 heavy (non-hydrogen) atoms. The maximum absolute atomic E-state index is 12.4. The van der Waals surface area contributed by atoms with Gasteiger partial charge < -0.3 is 26.2 Å². The summed E-state index contributed by atoms with van der Waals surface area (Å²) in [4.78, 5) is 25.0. The Bertz CT molecular complexity index is 546. The number of nitrogens with zero attached hydrogens (tertiary/aromatic N) is 1. The van der Waals surface area contributed by atoms with Gasteiger partial charge in [-0.3, -0.25) is 9.59 Å². The number of rotatable bonds is 3. The second kappa shape index (κ2) is 5.38. The monoisotopic (exact) mass is 279 g/mol. The number of nitrogens with two attached hydrogens (primary N) is 2. The van der Waals surface area contributed by atoms with E-state index in [2.05, 4.69) is 0 Å². The molecule has 0 spiro atoms. The summed E-state index contributed by atoms with van der Waals surface area (Å²) >= 11 is 0. The van der Waals surface area contributed by atoms with Crippen LogP contribution in [0.3, 0.4) is 0 Å². The fraction of sp³-hybridized carbons (Fsp3) is 0.385. The first-order valence-electron chi connectivity index (χ1n) is 6.15. The van der Waals surface area contributed by atoms with E-state index in [-0.39, 0.29) is 13.0 Å². The Morgan fingerprint density at radius 3 is 2.70 bits per heavy atom. The van der Waals surface area contributed by atoms with Crippen LogP contribution in [0, 0.1) is 0 Å². The molecule has 7 nitrogen and oxygen atoms in total. The Morgan fingerprint density at radius 1 is 1.40 bits per heavy atom. The van der Waals surface area contributed by atoms with Crippen LogP contribution in [0.15, 0.2) is 18.2 Å². The molecule has 2 unspecified atom stereocenters. The number of carbonyl (C=O) groups is 2. The minimum atomic E-state index is -0.801. The first kappa shape index (κ1) is 14.1. The van der Waals surface area contributed by atoms with E-state index in [0.29, 0.717) is 17.0 Å². The number of β-amino-alcohol motifs (C(OH)–C–C–N with tert-alkyl or cyclic N) is 1. The molecule has 0 radical (unpaired) electrons. The molecule has 2 rings (SSSR count). The van der Waals surface area contributed by atoms with Crippen molar-refractivity contribution in [3.8, 4) is 5.75 Å². The van der Waals surface area contributed by atoms with Gasteiger partial charge in [-0.15, -0.1) is 0 Å². The number of anilines is 1. The predicted molar refractivity (Wildman–Crippen MR) is 72.0 cm³/mol. The number of benzene rings is 1. The molecule has 1 aromatic rings. The zero-order valence-corrected chi connectivity index (χ0v) is 11.1. The van der Waals surface area contributed by atoms with Crippen molar-refractivity contribution >= 4 is 17.5 Å². The van der Waals surface area contributed by atoms with E-state index < -0.39 is 24.0 Å². The summed E-state index contributed by atoms with van der Waals surface area (Å²) in [6.45, 7) is 0.0730. The van der Waals surface area contributed by atoms with Crippen LogP contribution in [0.5, 0.6) is 5.75 Å². The normalized spacial score (nSPS) is 21.8. The van der Waals surface area contributed by atoms with Crippen LogP contribution in [0.2, 0.25) is 0 Å². The van der Waals surface area contributed by atoms with E-state index in [1.807, 2.05) is 0 Å². The third-order valence-electron chi connectivity index (χ3n) is 3.28. The smallest absolute Gasteiger partial charge is 0.254 e. The number of methoxy groups -OCH3 is 1. The molecule has 1 fully saturated rings. The third-order valence-corrected chi connectivity index (χ3v) is 3.28. The van der Waals surface area contributed by atoms with E-state index in [1.54, 1.807) is 6.07 Å².